The van der Waals surface area contributed by atoms with E-state index in [1.807, 2.05) is 0 Å². The Bertz CT molecular complexity index is 1210. The van der Waals surface area contributed by atoms with Crippen LogP contribution in [0.1, 0.15) is 20.7 Å². The molecule has 9 heteroatoms. The predicted molar refractivity (Wildman–Crippen MR) is 118 cm³/mol. The first kappa shape index (κ1) is 21.8. The summed E-state index contributed by atoms with van der Waals surface area (Å²) in [5, 5.41) is 5.21. The fourth-order valence-corrected chi connectivity index (χ4v) is 3.89. The zero-order valence-electron chi connectivity index (χ0n) is 16.9. The third-order valence-corrected chi connectivity index (χ3v) is 5.76. The van der Waals surface area contributed by atoms with Gasteiger partial charge in [0, 0.05) is 23.9 Å². The van der Waals surface area contributed by atoms with E-state index in [2.05, 4.69) is 15.4 Å². The van der Waals surface area contributed by atoms with Gasteiger partial charge in [-0.2, -0.15) is 0 Å². The summed E-state index contributed by atoms with van der Waals surface area (Å²) in [4.78, 5) is 24.8. The molecular weight excluding hydrogens is 418 g/mol. The van der Waals surface area contributed by atoms with Crippen LogP contribution in [-0.4, -0.2) is 34.4 Å². The molecule has 0 aromatic heterocycles. The highest BCUT2D eigenvalue weighted by atomic mass is 32.2. The van der Waals surface area contributed by atoms with Crippen LogP contribution in [-0.2, 0) is 10.0 Å². The Hall–Kier alpha value is -3.85. The van der Waals surface area contributed by atoms with Crippen molar-refractivity contribution in [1.29, 1.82) is 0 Å². The normalized spacial score (nSPS) is 10.8. The molecule has 0 aliphatic carbocycles. The molecule has 0 radical (unpaired) electrons. The van der Waals surface area contributed by atoms with Crippen molar-refractivity contribution in [2.45, 2.75) is 4.90 Å². The van der Waals surface area contributed by atoms with Crippen molar-refractivity contribution in [3.63, 3.8) is 0 Å². The van der Waals surface area contributed by atoms with Gasteiger partial charge in [-0.1, -0.05) is 24.3 Å². The van der Waals surface area contributed by atoms with Crippen LogP contribution in [0.2, 0.25) is 0 Å². The summed E-state index contributed by atoms with van der Waals surface area (Å²) in [6.45, 7) is 0. The Morgan fingerprint density at radius 1 is 0.839 bits per heavy atom. The molecule has 0 unspecified atom stereocenters. The van der Waals surface area contributed by atoms with E-state index in [0.717, 1.165) is 0 Å². The fraction of sp³-hybridized carbons (Fsp3) is 0.0909. The lowest BCUT2D eigenvalue weighted by Crippen LogP contribution is -2.19. The van der Waals surface area contributed by atoms with Gasteiger partial charge in [0.05, 0.1) is 17.7 Å². The van der Waals surface area contributed by atoms with Gasteiger partial charge < -0.3 is 15.4 Å². The molecule has 160 valence electrons. The van der Waals surface area contributed by atoms with E-state index in [0.29, 0.717) is 17.0 Å². The van der Waals surface area contributed by atoms with Crippen LogP contribution in [0.3, 0.4) is 0 Å². The van der Waals surface area contributed by atoms with Gasteiger partial charge in [-0.15, -0.1) is 0 Å². The van der Waals surface area contributed by atoms with E-state index < -0.39 is 15.9 Å². The summed E-state index contributed by atoms with van der Waals surface area (Å²) in [7, 11) is -0.835. The van der Waals surface area contributed by atoms with Gasteiger partial charge in [-0.05, 0) is 48.5 Å². The van der Waals surface area contributed by atoms with Crippen LogP contribution in [0.5, 0.6) is 5.75 Å². The fourth-order valence-electron chi connectivity index (χ4n) is 2.82. The van der Waals surface area contributed by atoms with Crippen molar-refractivity contribution < 1.29 is 22.7 Å². The summed E-state index contributed by atoms with van der Waals surface area (Å²) >= 11 is 0. The number of methoxy groups -OCH3 is 1. The van der Waals surface area contributed by atoms with E-state index >= 15 is 0 Å². The number of carbonyl (C=O) groups is 2. The van der Waals surface area contributed by atoms with E-state index in [1.54, 1.807) is 48.5 Å². The molecule has 0 heterocycles. The maximum Gasteiger partial charge on any atom is 0.261 e. The highest BCUT2D eigenvalue weighted by Crippen LogP contribution is 2.26. The highest BCUT2D eigenvalue weighted by molar-refractivity contribution is 7.92. The largest absolute Gasteiger partial charge is 0.495 e. The van der Waals surface area contributed by atoms with Gasteiger partial charge in [-0.25, -0.2) is 8.42 Å². The van der Waals surface area contributed by atoms with Crippen LogP contribution >= 0.6 is 0 Å². The summed E-state index contributed by atoms with van der Waals surface area (Å²) in [5.74, 6) is -0.425. The van der Waals surface area contributed by atoms with Crippen LogP contribution in [0.15, 0.2) is 77.7 Å². The maximum atomic E-state index is 12.8. The van der Waals surface area contributed by atoms with Gasteiger partial charge in [0.1, 0.15) is 5.75 Å². The van der Waals surface area contributed by atoms with Crippen LogP contribution in [0.4, 0.5) is 11.4 Å². The molecule has 3 aromatic rings. The van der Waals surface area contributed by atoms with Gasteiger partial charge in [0.25, 0.3) is 21.8 Å². The molecule has 3 aromatic carbocycles. The lowest BCUT2D eigenvalue weighted by Gasteiger charge is -2.13. The topological polar surface area (TPSA) is 114 Å². The molecule has 3 N–H and O–H groups in total. The minimum atomic E-state index is -3.79. The summed E-state index contributed by atoms with van der Waals surface area (Å²) in [5.41, 5.74) is 1.12. The minimum absolute atomic E-state index is 0.112. The number of ether oxygens (including phenoxy) is 1. The molecular formula is C22H21N3O5S. The lowest BCUT2D eigenvalue weighted by atomic mass is 10.1. The second-order valence-electron chi connectivity index (χ2n) is 6.45. The average Bonchev–Trinajstić information content (AvgIpc) is 2.79. The SMILES string of the molecule is CNC(=O)c1ccc(OC)c(NC(=O)c2cccc(NS(=O)(=O)c3ccccc3)c2)c1. The summed E-state index contributed by atoms with van der Waals surface area (Å²) in [6, 6.07) is 18.6. The number of amides is 2. The number of carbonyl (C=O) groups excluding carboxylic acids is 2. The number of nitrogens with one attached hydrogen (secondary N) is 3. The van der Waals surface area contributed by atoms with Crippen molar-refractivity contribution >= 4 is 33.2 Å². The van der Waals surface area contributed by atoms with E-state index in [9.17, 15) is 18.0 Å². The first-order valence-electron chi connectivity index (χ1n) is 9.23. The summed E-state index contributed by atoms with van der Waals surface area (Å²) in [6.07, 6.45) is 0. The van der Waals surface area contributed by atoms with Crippen molar-refractivity contribution in [3.8, 4) is 5.75 Å². The number of sulfonamides is 1. The van der Waals surface area contributed by atoms with Crippen molar-refractivity contribution in [2.75, 3.05) is 24.2 Å². The van der Waals surface area contributed by atoms with Gasteiger partial charge in [0.15, 0.2) is 0 Å². The molecule has 2 amide bonds. The molecule has 0 saturated carbocycles. The third-order valence-electron chi connectivity index (χ3n) is 4.37. The predicted octanol–water partition coefficient (Wildman–Crippen LogP) is 3.11. The number of rotatable bonds is 7. The molecule has 0 saturated heterocycles. The second kappa shape index (κ2) is 9.31. The number of hydrogen-bond donors (Lipinski definition) is 3. The quantitative estimate of drug-likeness (QED) is 0.524. The van der Waals surface area contributed by atoms with Crippen LogP contribution in [0.25, 0.3) is 0 Å². The van der Waals surface area contributed by atoms with Crippen LogP contribution < -0.4 is 20.1 Å². The van der Waals surface area contributed by atoms with E-state index in [4.69, 9.17) is 4.74 Å². The van der Waals surface area contributed by atoms with Crippen molar-refractivity contribution in [3.05, 3.63) is 83.9 Å². The first-order valence-corrected chi connectivity index (χ1v) is 10.7. The first-order chi connectivity index (χ1) is 14.8. The number of hydrogen-bond acceptors (Lipinski definition) is 5. The minimum Gasteiger partial charge on any atom is -0.495 e. The summed E-state index contributed by atoms with van der Waals surface area (Å²) < 4.78 is 32.8. The molecule has 31 heavy (non-hydrogen) atoms. The number of anilines is 2. The smallest absolute Gasteiger partial charge is 0.261 e. The zero-order chi connectivity index (χ0) is 22.4. The zero-order valence-corrected chi connectivity index (χ0v) is 17.7. The Kier molecular flexibility index (Phi) is 6.56. The monoisotopic (exact) mass is 439 g/mol. The van der Waals surface area contributed by atoms with Crippen LogP contribution in [0, 0.1) is 0 Å². The molecule has 0 atom stereocenters. The van der Waals surface area contributed by atoms with E-state index in [-0.39, 0.29) is 22.1 Å². The molecule has 8 nitrogen and oxygen atoms in total. The molecule has 3 rings (SSSR count). The molecule has 0 aliphatic rings. The van der Waals surface area contributed by atoms with E-state index in [1.165, 1.54) is 38.4 Å². The van der Waals surface area contributed by atoms with Gasteiger partial charge >= 0.3 is 0 Å². The van der Waals surface area contributed by atoms with Gasteiger partial charge in [-0.3, -0.25) is 14.3 Å². The standard InChI is InChI=1S/C22H21N3O5S/c1-23-21(26)16-11-12-20(30-2)19(14-16)24-22(27)15-7-6-8-17(13-15)25-31(28,29)18-9-4-3-5-10-18/h3-14,25H,1-2H3,(H,23,26)(H,24,27). The molecule has 0 aliphatic heterocycles. The van der Waals surface area contributed by atoms with Gasteiger partial charge in [0.2, 0.25) is 0 Å². The third kappa shape index (κ3) is 5.20. The Morgan fingerprint density at radius 2 is 1.55 bits per heavy atom. The van der Waals surface area contributed by atoms with Crippen molar-refractivity contribution in [1.82, 2.24) is 5.32 Å². The van der Waals surface area contributed by atoms with Crippen molar-refractivity contribution in [2.24, 2.45) is 0 Å². The number of benzene rings is 3. The average molecular weight is 439 g/mol. The maximum absolute atomic E-state index is 12.8. The lowest BCUT2D eigenvalue weighted by molar-refractivity contribution is 0.0961. The Morgan fingerprint density at radius 3 is 2.23 bits per heavy atom. The second-order valence-corrected chi connectivity index (χ2v) is 8.13. The highest BCUT2D eigenvalue weighted by Gasteiger charge is 2.16. The Balaban J connectivity index is 1.83. The Labute approximate surface area is 180 Å². The molecule has 0 bridgehead atoms. The molecule has 0 fully saturated rings. The molecule has 0 spiro atoms.